The second-order valence-corrected chi connectivity index (χ2v) is 6.52. The molecule has 2 aromatic rings. The standard InChI is InChI=1S/C20H21NO3/c1-14-8-10-17(11-9-14)13-21-18(22)15(2)20(21,19(23)24)12-16-6-4-3-5-7-16/h3-11,15H,12-13H2,1-2H3,(H,23,24)/t15-,20+/m1/s1. The van der Waals surface area contributed by atoms with E-state index < -0.39 is 17.4 Å². The van der Waals surface area contributed by atoms with Gasteiger partial charge in [-0.2, -0.15) is 0 Å². The van der Waals surface area contributed by atoms with Gasteiger partial charge in [-0.3, -0.25) is 4.79 Å². The monoisotopic (exact) mass is 323 g/mol. The van der Waals surface area contributed by atoms with Crippen LogP contribution in [0.3, 0.4) is 0 Å². The van der Waals surface area contributed by atoms with E-state index in [1.807, 2.05) is 61.5 Å². The van der Waals surface area contributed by atoms with Crippen molar-refractivity contribution in [2.45, 2.75) is 32.4 Å². The van der Waals surface area contributed by atoms with Crippen LogP contribution in [0.15, 0.2) is 54.6 Å². The Morgan fingerprint density at radius 1 is 1.08 bits per heavy atom. The number of carbonyl (C=O) groups excluding carboxylic acids is 1. The highest BCUT2D eigenvalue weighted by Crippen LogP contribution is 2.42. The maximum Gasteiger partial charge on any atom is 0.330 e. The van der Waals surface area contributed by atoms with E-state index in [4.69, 9.17) is 0 Å². The molecule has 0 aliphatic carbocycles. The zero-order valence-corrected chi connectivity index (χ0v) is 13.9. The third-order valence-corrected chi connectivity index (χ3v) is 4.98. The predicted molar refractivity (Wildman–Crippen MR) is 91.4 cm³/mol. The first-order chi connectivity index (χ1) is 11.4. The van der Waals surface area contributed by atoms with Crippen LogP contribution in [0, 0.1) is 12.8 Å². The molecule has 124 valence electrons. The zero-order valence-electron chi connectivity index (χ0n) is 13.9. The predicted octanol–water partition coefficient (Wildman–Crippen LogP) is 3.04. The normalized spacial score (nSPS) is 23.0. The molecule has 0 saturated carbocycles. The second-order valence-electron chi connectivity index (χ2n) is 6.52. The molecule has 1 aliphatic heterocycles. The molecule has 1 amide bonds. The van der Waals surface area contributed by atoms with E-state index in [1.165, 1.54) is 4.90 Å². The van der Waals surface area contributed by atoms with E-state index in [2.05, 4.69) is 0 Å². The SMILES string of the molecule is Cc1ccc(CN2C(=O)[C@@H](C)[C@@]2(Cc2ccccc2)C(=O)O)cc1. The highest BCUT2D eigenvalue weighted by atomic mass is 16.4. The lowest BCUT2D eigenvalue weighted by Crippen LogP contribution is -2.74. The number of β-lactam (4-membered cyclic amide) rings is 1. The van der Waals surface area contributed by atoms with Gasteiger partial charge in [-0.15, -0.1) is 0 Å². The maximum absolute atomic E-state index is 12.4. The Hall–Kier alpha value is -2.62. The Morgan fingerprint density at radius 3 is 2.29 bits per heavy atom. The minimum Gasteiger partial charge on any atom is -0.479 e. The molecule has 1 saturated heterocycles. The van der Waals surface area contributed by atoms with Crippen LogP contribution in [-0.2, 0) is 22.6 Å². The van der Waals surface area contributed by atoms with E-state index >= 15 is 0 Å². The van der Waals surface area contributed by atoms with Crippen molar-refractivity contribution < 1.29 is 14.7 Å². The molecule has 1 N–H and O–H groups in total. The maximum atomic E-state index is 12.4. The lowest BCUT2D eigenvalue weighted by molar-refractivity contribution is -0.188. The van der Waals surface area contributed by atoms with Crippen molar-refractivity contribution in [3.8, 4) is 0 Å². The summed E-state index contributed by atoms with van der Waals surface area (Å²) in [6, 6.07) is 17.3. The van der Waals surface area contributed by atoms with E-state index in [-0.39, 0.29) is 5.91 Å². The number of aliphatic carboxylic acids is 1. The summed E-state index contributed by atoms with van der Waals surface area (Å²) < 4.78 is 0. The molecule has 0 bridgehead atoms. The Morgan fingerprint density at radius 2 is 1.71 bits per heavy atom. The molecule has 1 aliphatic rings. The van der Waals surface area contributed by atoms with E-state index in [0.717, 1.165) is 16.7 Å². The molecule has 2 atom stereocenters. The summed E-state index contributed by atoms with van der Waals surface area (Å²) in [6.45, 7) is 4.03. The molecule has 0 spiro atoms. The van der Waals surface area contributed by atoms with Gasteiger partial charge in [0.1, 0.15) is 0 Å². The minimum atomic E-state index is -1.18. The fourth-order valence-corrected chi connectivity index (χ4v) is 3.43. The van der Waals surface area contributed by atoms with Crippen molar-refractivity contribution in [2.75, 3.05) is 0 Å². The molecule has 24 heavy (non-hydrogen) atoms. The zero-order chi connectivity index (χ0) is 17.3. The highest BCUT2D eigenvalue weighted by molar-refractivity contribution is 6.00. The van der Waals surface area contributed by atoms with Crippen molar-refractivity contribution in [3.05, 3.63) is 71.3 Å². The highest BCUT2D eigenvalue weighted by Gasteiger charge is 2.62. The van der Waals surface area contributed by atoms with E-state index in [9.17, 15) is 14.7 Å². The van der Waals surface area contributed by atoms with Gasteiger partial charge in [-0.05, 0) is 18.1 Å². The van der Waals surface area contributed by atoms with E-state index in [1.54, 1.807) is 6.92 Å². The second kappa shape index (κ2) is 6.11. The van der Waals surface area contributed by atoms with Crippen molar-refractivity contribution in [3.63, 3.8) is 0 Å². The molecular formula is C20H21NO3. The molecule has 1 fully saturated rings. The smallest absolute Gasteiger partial charge is 0.330 e. The number of benzene rings is 2. The van der Waals surface area contributed by atoms with Crippen LogP contribution in [0.25, 0.3) is 0 Å². The Balaban J connectivity index is 1.92. The summed E-state index contributed by atoms with van der Waals surface area (Å²) in [4.78, 5) is 26.0. The largest absolute Gasteiger partial charge is 0.479 e. The summed E-state index contributed by atoms with van der Waals surface area (Å²) in [6.07, 6.45) is 0.321. The van der Waals surface area contributed by atoms with Gasteiger partial charge in [0.15, 0.2) is 5.54 Å². The number of hydrogen-bond donors (Lipinski definition) is 1. The Kier molecular flexibility index (Phi) is 4.14. The fourth-order valence-electron chi connectivity index (χ4n) is 3.43. The van der Waals surface area contributed by atoms with Crippen LogP contribution >= 0.6 is 0 Å². The average Bonchev–Trinajstić information content (AvgIpc) is 2.59. The third-order valence-electron chi connectivity index (χ3n) is 4.98. The fraction of sp³-hybridized carbons (Fsp3) is 0.300. The summed E-state index contributed by atoms with van der Waals surface area (Å²) in [5.41, 5.74) is 1.83. The van der Waals surface area contributed by atoms with Gasteiger partial charge in [0.2, 0.25) is 5.91 Å². The summed E-state index contributed by atoms with van der Waals surface area (Å²) >= 11 is 0. The number of carboxylic acids is 1. The van der Waals surface area contributed by atoms with Crippen LogP contribution in [0.1, 0.15) is 23.6 Å². The lowest BCUT2D eigenvalue weighted by atomic mass is 9.70. The molecule has 4 nitrogen and oxygen atoms in total. The van der Waals surface area contributed by atoms with Crippen molar-refractivity contribution in [2.24, 2.45) is 5.92 Å². The summed E-state index contributed by atoms with van der Waals surface area (Å²) in [7, 11) is 0. The molecular weight excluding hydrogens is 302 g/mol. The van der Waals surface area contributed by atoms with Gasteiger partial charge in [0.05, 0.1) is 5.92 Å². The van der Waals surface area contributed by atoms with Gasteiger partial charge < -0.3 is 10.0 Å². The first kappa shape index (κ1) is 16.2. The molecule has 3 rings (SSSR count). The van der Waals surface area contributed by atoms with Crippen molar-refractivity contribution in [1.29, 1.82) is 0 Å². The lowest BCUT2D eigenvalue weighted by Gasteiger charge is -2.54. The van der Waals surface area contributed by atoms with Gasteiger partial charge in [0, 0.05) is 13.0 Å². The number of carboxylic acid groups (broad SMARTS) is 1. The summed E-state index contributed by atoms with van der Waals surface area (Å²) in [5, 5.41) is 9.93. The first-order valence-corrected chi connectivity index (χ1v) is 8.09. The topological polar surface area (TPSA) is 57.6 Å². The quantitative estimate of drug-likeness (QED) is 0.861. The molecule has 0 aromatic heterocycles. The van der Waals surface area contributed by atoms with Crippen LogP contribution < -0.4 is 0 Å². The van der Waals surface area contributed by atoms with Crippen molar-refractivity contribution >= 4 is 11.9 Å². The number of aryl methyl sites for hydroxylation is 1. The number of likely N-dealkylation sites (tertiary alicyclic amines) is 1. The van der Waals surface area contributed by atoms with Gasteiger partial charge >= 0.3 is 5.97 Å². The van der Waals surface area contributed by atoms with Crippen molar-refractivity contribution in [1.82, 2.24) is 4.90 Å². The van der Waals surface area contributed by atoms with Gasteiger partial charge in [0.25, 0.3) is 0 Å². The number of hydrogen-bond acceptors (Lipinski definition) is 2. The molecule has 0 radical (unpaired) electrons. The Bertz CT molecular complexity index is 754. The van der Waals surface area contributed by atoms with Crippen LogP contribution in [0.4, 0.5) is 0 Å². The van der Waals surface area contributed by atoms with Crippen LogP contribution in [-0.4, -0.2) is 27.4 Å². The van der Waals surface area contributed by atoms with Crippen LogP contribution in [0.2, 0.25) is 0 Å². The van der Waals surface area contributed by atoms with Gasteiger partial charge in [-0.25, -0.2) is 4.79 Å². The molecule has 4 heteroatoms. The third kappa shape index (κ3) is 2.58. The molecule has 1 heterocycles. The first-order valence-electron chi connectivity index (χ1n) is 8.09. The Labute approximate surface area is 141 Å². The number of amides is 1. The van der Waals surface area contributed by atoms with Crippen LogP contribution in [0.5, 0.6) is 0 Å². The number of carbonyl (C=O) groups is 2. The molecule has 2 aromatic carbocycles. The molecule has 0 unspecified atom stereocenters. The number of nitrogens with zero attached hydrogens (tertiary/aromatic N) is 1. The number of rotatable bonds is 5. The minimum absolute atomic E-state index is 0.103. The van der Waals surface area contributed by atoms with E-state index in [0.29, 0.717) is 13.0 Å². The summed E-state index contributed by atoms with van der Waals surface area (Å²) in [5.74, 6) is -1.57. The van der Waals surface area contributed by atoms with Gasteiger partial charge in [-0.1, -0.05) is 67.1 Å². The average molecular weight is 323 g/mol.